The summed E-state index contributed by atoms with van der Waals surface area (Å²) >= 11 is 1.32. The zero-order valence-electron chi connectivity index (χ0n) is 16.4. The van der Waals surface area contributed by atoms with Crippen LogP contribution in [0.3, 0.4) is 0 Å². The molecule has 0 aliphatic heterocycles. The van der Waals surface area contributed by atoms with Crippen LogP contribution < -0.4 is 5.32 Å². The number of ether oxygens (including phenoxy) is 2. The topological polar surface area (TPSA) is 73.3 Å². The SMILES string of the molecule is CCCCc1ccc(Nc2ncnc3sc(C(=O)OCCOC)c(C)c23)cc1. The number of hydrogen-bond acceptors (Lipinski definition) is 7. The average molecular weight is 400 g/mol. The lowest BCUT2D eigenvalue weighted by Crippen LogP contribution is -2.09. The van der Waals surface area contributed by atoms with Crippen molar-refractivity contribution in [1.82, 2.24) is 9.97 Å². The zero-order valence-corrected chi connectivity index (χ0v) is 17.3. The van der Waals surface area contributed by atoms with Crippen molar-refractivity contribution in [2.45, 2.75) is 33.1 Å². The first-order valence-corrected chi connectivity index (χ1v) is 10.2. The summed E-state index contributed by atoms with van der Waals surface area (Å²) in [6.07, 6.45) is 4.98. The highest BCUT2D eigenvalue weighted by molar-refractivity contribution is 7.20. The Hall–Kier alpha value is -2.51. The maximum absolute atomic E-state index is 12.4. The van der Waals surface area contributed by atoms with Crippen molar-refractivity contribution in [3.05, 3.63) is 46.6 Å². The Bertz CT molecular complexity index is 938. The van der Waals surface area contributed by atoms with Crippen LogP contribution in [0.4, 0.5) is 11.5 Å². The monoisotopic (exact) mass is 399 g/mol. The van der Waals surface area contributed by atoms with Gasteiger partial charge in [-0.25, -0.2) is 14.8 Å². The van der Waals surface area contributed by atoms with E-state index in [-0.39, 0.29) is 12.6 Å². The van der Waals surface area contributed by atoms with Gasteiger partial charge in [-0.15, -0.1) is 11.3 Å². The van der Waals surface area contributed by atoms with E-state index in [2.05, 4.69) is 46.5 Å². The quantitative estimate of drug-likeness (QED) is 0.408. The van der Waals surface area contributed by atoms with Crippen molar-refractivity contribution in [2.24, 2.45) is 0 Å². The van der Waals surface area contributed by atoms with Crippen molar-refractivity contribution in [3.8, 4) is 0 Å². The molecule has 3 aromatic rings. The Labute approximate surface area is 168 Å². The van der Waals surface area contributed by atoms with Crippen LogP contribution in [-0.4, -0.2) is 36.3 Å². The summed E-state index contributed by atoms with van der Waals surface area (Å²) in [5, 5.41) is 4.21. The molecule has 2 aromatic heterocycles. The van der Waals surface area contributed by atoms with Crippen molar-refractivity contribution in [2.75, 3.05) is 25.6 Å². The largest absolute Gasteiger partial charge is 0.459 e. The summed E-state index contributed by atoms with van der Waals surface area (Å²) in [5.41, 5.74) is 3.10. The summed E-state index contributed by atoms with van der Waals surface area (Å²) in [7, 11) is 1.57. The van der Waals surface area contributed by atoms with Crippen LogP contribution >= 0.6 is 11.3 Å². The number of benzene rings is 1. The lowest BCUT2D eigenvalue weighted by molar-refractivity contribution is 0.0393. The Morgan fingerprint density at radius 3 is 2.68 bits per heavy atom. The number of carbonyl (C=O) groups excluding carboxylic acids is 1. The lowest BCUT2D eigenvalue weighted by Gasteiger charge is -2.08. The van der Waals surface area contributed by atoms with Gasteiger partial charge in [0.25, 0.3) is 0 Å². The summed E-state index contributed by atoms with van der Waals surface area (Å²) in [6.45, 7) is 4.69. The molecule has 0 atom stereocenters. The fourth-order valence-corrected chi connectivity index (χ4v) is 3.96. The molecule has 0 spiro atoms. The first kappa shape index (κ1) is 20.2. The number of unbranched alkanes of at least 4 members (excludes halogenated alkanes) is 1. The van der Waals surface area contributed by atoms with Gasteiger partial charge in [0.15, 0.2) is 0 Å². The molecule has 148 valence electrons. The third-order valence-electron chi connectivity index (χ3n) is 4.47. The van der Waals surface area contributed by atoms with Crippen molar-refractivity contribution >= 4 is 39.0 Å². The maximum Gasteiger partial charge on any atom is 0.348 e. The third kappa shape index (κ3) is 4.66. The molecular weight excluding hydrogens is 374 g/mol. The van der Waals surface area contributed by atoms with E-state index in [1.165, 1.54) is 36.1 Å². The molecule has 0 radical (unpaired) electrons. The average Bonchev–Trinajstić information content (AvgIpc) is 3.05. The normalized spacial score (nSPS) is 11.0. The third-order valence-corrected chi connectivity index (χ3v) is 5.65. The minimum Gasteiger partial charge on any atom is -0.459 e. The number of hydrogen-bond donors (Lipinski definition) is 1. The van der Waals surface area contributed by atoms with Crippen LogP contribution in [0.5, 0.6) is 0 Å². The van der Waals surface area contributed by atoms with Gasteiger partial charge >= 0.3 is 5.97 Å². The molecule has 7 heteroatoms. The Balaban J connectivity index is 1.83. The number of anilines is 2. The van der Waals surface area contributed by atoms with E-state index < -0.39 is 0 Å². The van der Waals surface area contributed by atoms with E-state index >= 15 is 0 Å². The van der Waals surface area contributed by atoms with Gasteiger partial charge < -0.3 is 14.8 Å². The fraction of sp³-hybridized carbons (Fsp3) is 0.381. The number of nitrogens with zero attached hydrogens (tertiary/aromatic N) is 2. The molecule has 6 nitrogen and oxygen atoms in total. The van der Waals surface area contributed by atoms with Gasteiger partial charge in [-0.3, -0.25) is 0 Å². The number of aryl methyl sites for hydroxylation is 2. The molecule has 28 heavy (non-hydrogen) atoms. The first-order chi connectivity index (χ1) is 13.6. The van der Waals surface area contributed by atoms with Crippen LogP contribution in [0, 0.1) is 6.92 Å². The summed E-state index contributed by atoms with van der Waals surface area (Å²) < 4.78 is 10.2. The molecule has 0 unspecified atom stereocenters. The minimum atomic E-state index is -0.358. The molecule has 1 N–H and O–H groups in total. The molecule has 0 fully saturated rings. The molecule has 0 saturated carbocycles. The fourth-order valence-electron chi connectivity index (χ4n) is 2.92. The van der Waals surface area contributed by atoms with Gasteiger partial charge in [0.1, 0.15) is 28.5 Å². The predicted octanol–water partition coefficient (Wildman–Crippen LogP) is 4.89. The summed E-state index contributed by atoms with van der Waals surface area (Å²) in [6, 6.07) is 8.38. The Morgan fingerprint density at radius 1 is 1.18 bits per heavy atom. The van der Waals surface area contributed by atoms with E-state index in [0.717, 1.165) is 27.9 Å². The molecule has 3 rings (SSSR count). The Morgan fingerprint density at radius 2 is 1.96 bits per heavy atom. The van der Waals surface area contributed by atoms with E-state index in [1.807, 2.05) is 6.92 Å². The summed E-state index contributed by atoms with van der Waals surface area (Å²) in [4.78, 5) is 22.4. The number of carbonyl (C=O) groups is 1. The van der Waals surface area contributed by atoms with E-state index in [4.69, 9.17) is 9.47 Å². The van der Waals surface area contributed by atoms with Gasteiger partial charge in [-0.05, 0) is 43.0 Å². The van der Waals surface area contributed by atoms with Crippen LogP contribution in [-0.2, 0) is 15.9 Å². The van der Waals surface area contributed by atoms with Gasteiger partial charge in [0.2, 0.25) is 0 Å². The number of thiophene rings is 1. The van der Waals surface area contributed by atoms with E-state index in [9.17, 15) is 4.79 Å². The van der Waals surface area contributed by atoms with Crippen molar-refractivity contribution in [1.29, 1.82) is 0 Å². The molecular formula is C21H25N3O3S. The number of methoxy groups -OCH3 is 1. The highest BCUT2D eigenvalue weighted by Crippen LogP contribution is 2.34. The number of fused-ring (bicyclic) bond motifs is 1. The number of nitrogens with one attached hydrogen (secondary N) is 1. The lowest BCUT2D eigenvalue weighted by atomic mass is 10.1. The molecule has 0 aliphatic rings. The molecule has 0 bridgehead atoms. The second-order valence-electron chi connectivity index (χ2n) is 6.51. The van der Waals surface area contributed by atoms with E-state index in [1.54, 1.807) is 7.11 Å². The molecule has 1 aromatic carbocycles. The minimum absolute atomic E-state index is 0.226. The van der Waals surface area contributed by atoms with Crippen LogP contribution in [0.25, 0.3) is 10.2 Å². The van der Waals surface area contributed by atoms with Crippen LogP contribution in [0.15, 0.2) is 30.6 Å². The second-order valence-corrected chi connectivity index (χ2v) is 7.51. The number of aromatic nitrogens is 2. The summed E-state index contributed by atoms with van der Waals surface area (Å²) in [5.74, 6) is 0.333. The van der Waals surface area contributed by atoms with Crippen molar-refractivity contribution in [3.63, 3.8) is 0 Å². The first-order valence-electron chi connectivity index (χ1n) is 9.40. The van der Waals surface area contributed by atoms with Crippen LogP contribution in [0.1, 0.15) is 40.6 Å². The second kappa shape index (κ2) is 9.61. The smallest absolute Gasteiger partial charge is 0.348 e. The molecule has 0 aliphatic carbocycles. The van der Waals surface area contributed by atoms with Gasteiger partial charge in [-0.1, -0.05) is 25.5 Å². The van der Waals surface area contributed by atoms with Gasteiger partial charge in [0, 0.05) is 12.8 Å². The predicted molar refractivity (Wildman–Crippen MR) is 113 cm³/mol. The zero-order chi connectivity index (χ0) is 19.9. The highest BCUT2D eigenvalue weighted by atomic mass is 32.1. The Kier molecular flexibility index (Phi) is 6.95. The molecule has 2 heterocycles. The maximum atomic E-state index is 12.4. The molecule has 0 saturated heterocycles. The van der Waals surface area contributed by atoms with E-state index in [0.29, 0.717) is 17.3 Å². The van der Waals surface area contributed by atoms with Gasteiger partial charge in [0.05, 0.1) is 12.0 Å². The number of rotatable bonds is 9. The highest BCUT2D eigenvalue weighted by Gasteiger charge is 2.20. The number of esters is 1. The standard InChI is InChI=1S/C21H25N3O3S/c1-4-5-6-15-7-9-16(10-8-15)24-19-17-14(2)18(21(25)27-12-11-26-3)28-20(17)23-13-22-19/h7-10,13H,4-6,11-12H2,1-3H3,(H,22,23,24). The van der Waals surface area contributed by atoms with Crippen LogP contribution in [0.2, 0.25) is 0 Å². The van der Waals surface area contributed by atoms with Gasteiger partial charge in [-0.2, -0.15) is 0 Å². The van der Waals surface area contributed by atoms with Crippen molar-refractivity contribution < 1.29 is 14.3 Å². The molecule has 0 amide bonds.